The van der Waals surface area contributed by atoms with Crippen molar-refractivity contribution in [3.63, 3.8) is 0 Å². The summed E-state index contributed by atoms with van der Waals surface area (Å²) in [6.45, 7) is 6.74. The molecule has 1 saturated heterocycles. The summed E-state index contributed by atoms with van der Waals surface area (Å²) in [5.41, 5.74) is 6.52. The van der Waals surface area contributed by atoms with E-state index < -0.39 is 6.10 Å². The average molecular weight is 355 g/mol. The quantitative estimate of drug-likeness (QED) is 0.825. The molecule has 1 aromatic carbocycles. The summed E-state index contributed by atoms with van der Waals surface area (Å²) in [5.74, 6) is 1.00. The molecule has 0 aromatic heterocycles. The number of hydrogen-bond donors (Lipinski definition) is 1. The first-order chi connectivity index (χ1) is 10.9. The molecule has 1 amide bonds. The Labute approximate surface area is 149 Å². The largest absolute Gasteiger partial charge is 0.481 e. The Morgan fingerprint density at radius 1 is 1.25 bits per heavy atom. The van der Waals surface area contributed by atoms with Crippen LogP contribution in [-0.2, 0) is 4.79 Å². The first kappa shape index (κ1) is 20.5. The Morgan fingerprint density at radius 3 is 2.42 bits per heavy atom. The van der Waals surface area contributed by atoms with Crippen LogP contribution in [0.25, 0.3) is 0 Å². The minimum atomic E-state index is -0.566. The molecule has 2 N–H and O–H groups in total. The molecule has 24 heavy (non-hydrogen) atoms. The third-order valence-electron chi connectivity index (χ3n) is 4.50. The van der Waals surface area contributed by atoms with Crippen molar-refractivity contribution in [2.75, 3.05) is 13.1 Å². The maximum Gasteiger partial charge on any atom is 0.263 e. The molecule has 2 unspecified atom stereocenters. The molecule has 0 spiro atoms. The molecule has 1 aliphatic heterocycles. The Balaban J connectivity index is 0.00000288. The van der Waals surface area contributed by atoms with Crippen LogP contribution in [0.3, 0.4) is 0 Å². The lowest BCUT2D eigenvalue weighted by molar-refractivity contribution is -0.139. The van der Waals surface area contributed by atoms with Crippen LogP contribution in [0.2, 0.25) is 0 Å². The number of carbonyl (C=O) groups excluding carboxylic acids is 2. The molecule has 0 saturated carbocycles. The summed E-state index contributed by atoms with van der Waals surface area (Å²) in [6.07, 6.45) is 1.32. The number of ketones is 1. The van der Waals surface area contributed by atoms with Crippen molar-refractivity contribution in [2.24, 2.45) is 11.7 Å². The number of nitrogens with two attached hydrogens (primary N) is 1. The number of likely N-dealkylation sites (tertiary alicyclic amines) is 1. The summed E-state index contributed by atoms with van der Waals surface area (Å²) in [6, 6.07) is 7.11. The molecule has 0 radical (unpaired) electrons. The van der Waals surface area contributed by atoms with Crippen LogP contribution in [0.15, 0.2) is 24.3 Å². The van der Waals surface area contributed by atoms with Crippen LogP contribution in [0.1, 0.15) is 44.0 Å². The second-order valence-corrected chi connectivity index (χ2v) is 6.37. The number of nitrogens with zero attached hydrogens (tertiary/aromatic N) is 1. The van der Waals surface area contributed by atoms with Gasteiger partial charge in [-0.15, -0.1) is 12.4 Å². The second kappa shape index (κ2) is 9.04. The molecule has 134 valence electrons. The predicted molar refractivity (Wildman–Crippen MR) is 96.7 cm³/mol. The lowest BCUT2D eigenvalue weighted by atomic mass is 9.91. The minimum absolute atomic E-state index is 0. The van der Waals surface area contributed by atoms with Crippen molar-refractivity contribution in [3.05, 3.63) is 29.8 Å². The molecule has 6 heteroatoms. The van der Waals surface area contributed by atoms with E-state index in [-0.39, 0.29) is 30.1 Å². The third-order valence-corrected chi connectivity index (χ3v) is 4.50. The summed E-state index contributed by atoms with van der Waals surface area (Å²) in [4.78, 5) is 25.8. The predicted octanol–water partition coefficient (Wildman–Crippen LogP) is 2.66. The van der Waals surface area contributed by atoms with Gasteiger partial charge in [0.1, 0.15) is 5.75 Å². The highest BCUT2D eigenvalue weighted by Gasteiger charge is 2.28. The standard InChI is InChI=1S/C18H26N2O3.ClH/c1-12(19)15-7-9-20(10-8-15)18(22)14(3)23-17-6-4-5-16(11-17)13(2)21;/h4-6,11-12,14-15H,7-10,19H2,1-3H3;1H. The van der Waals surface area contributed by atoms with Gasteiger partial charge in [0.15, 0.2) is 11.9 Å². The van der Waals surface area contributed by atoms with Gasteiger partial charge in [-0.05, 0) is 51.7 Å². The molecule has 2 rings (SSSR count). The molecule has 1 aliphatic rings. The normalized spacial score (nSPS) is 17.6. The SMILES string of the molecule is CC(=O)c1cccc(OC(C)C(=O)N2CCC(C(C)N)CC2)c1.Cl. The van der Waals surface area contributed by atoms with Gasteiger partial charge in [0.25, 0.3) is 5.91 Å². The number of hydrogen-bond acceptors (Lipinski definition) is 4. The topological polar surface area (TPSA) is 72.6 Å². The molecular formula is C18H27ClN2O3. The molecule has 1 aromatic rings. The zero-order valence-electron chi connectivity index (χ0n) is 14.5. The minimum Gasteiger partial charge on any atom is -0.481 e. The molecule has 0 bridgehead atoms. The Morgan fingerprint density at radius 2 is 1.88 bits per heavy atom. The van der Waals surface area contributed by atoms with Gasteiger partial charge >= 0.3 is 0 Å². The van der Waals surface area contributed by atoms with Crippen LogP contribution >= 0.6 is 12.4 Å². The summed E-state index contributed by atoms with van der Waals surface area (Å²) >= 11 is 0. The maximum absolute atomic E-state index is 12.5. The lowest BCUT2D eigenvalue weighted by Crippen LogP contribution is -2.46. The number of benzene rings is 1. The Hall–Kier alpha value is -1.59. The number of Topliss-reactive ketones (excluding diaryl/α,β-unsaturated/α-hetero) is 1. The van der Waals surface area contributed by atoms with E-state index in [1.165, 1.54) is 6.92 Å². The van der Waals surface area contributed by atoms with Crippen LogP contribution in [-0.4, -0.2) is 41.8 Å². The van der Waals surface area contributed by atoms with E-state index in [2.05, 4.69) is 0 Å². The van der Waals surface area contributed by atoms with Crippen molar-refractivity contribution in [1.82, 2.24) is 4.90 Å². The molecule has 0 aliphatic carbocycles. The monoisotopic (exact) mass is 354 g/mol. The highest BCUT2D eigenvalue weighted by atomic mass is 35.5. The number of ether oxygens (including phenoxy) is 1. The first-order valence-corrected chi connectivity index (χ1v) is 8.20. The van der Waals surface area contributed by atoms with E-state index in [9.17, 15) is 9.59 Å². The highest BCUT2D eigenvalue weighted by molar-refractivity contribution is 5.94. The van der Waals surface area contributed by atoms with Crippen molar-refractivity contribution in [1.29, 1.82) is 0 Å². The van der Waals surface area contributed by atoms with Crippen molar-refractivity contribution < 1.29 is 14.3 Å². The van der Waals surface area contributed by atoms with Gasteiger partial charge in [0.05, 0.1) is 0 Å². The number of carbonyl (C=O) groups is 2. The van der Waals surface area contributed by atoms with Crippen molar-refractivity contribution in [2.45, 2.75) is 45.8 Å². The van der Waals surface area contributed by atoms with E-state index in [0.29, 0.717) is 17.2 Å². The van der Waals surface area contributed by atoms with Crippen molar-refractivity contribution in [3.8, 4) is 5.75 Å². The van der Waals surface area contributed by atoms with Gasteiger partial charge in [-0.2, -0.15) is 0 Å². The zero-order chi connectivity index (χ0) is 17.0. The van der Waals surface area contributed by atoms with Gasteiger partial charge in [-0.25, -0.2) is 0 Å². The smallest absolute Gasteiger partial charge is 0.263 e. The summed E-state index contributed by atoms with van der Waals surface area (Å²) in [5, 5.41) is 0. The fourth-order valence-corrected chi connectivity index (χ4v) is 2.95. The second-order valence-electron chi connectivity index (χ2n) is 6.37. The fraction of sp³-hybridized carbons (Fsp3) is 0.556. The number of halogens is 1. The lowest BCUT2D eigenvalue weighted by Gasteiger charge is -2.35. The van der Waals surface area contributed by atoms with Gasteiger partial charge in [0.2, 0.25) is 0 Å². The molecule has 5 nitrogen and oxygen atoms in total. The third kappa shape index (κ3) is 5.21. The number of rotatable bonds is 5. The van der Waals surface area contributed by atoms with Crippen molar-refractivity contribution >= 4 is 24.1 Å². The van der Waals surface area contributed by atoms with Gasteiger partial charge in [-0.1, -0.05) is 12.1 Å². The summed E-state index contributed by atoms with van der Waals surface area (Å²) in [7, 11) is 0. The molecular weight excluding hydrogens is 328 g/mol. The number of amides is 1. The van der Waals surface area contributed by atoms with Crippen LogP contribution in [0.5, 0.6) is 5.75 Å². The van der Waals surface area contributed by atoms with Gasteiger partial charge in [0, 0.05) is 24.7 Å². The van der Waals surface area contributed by atoms with E-state index >= 15 is 0 Å². The van der Waals surface area contributed by atoms with E-state index in [1.807, 2.05) is 11.8 Å². The van der Waals surface area contributed by atoms with Gasteiger partial charge < -0.3 is 15.4 Å². The Kier molecular flexibility index (Phi) is 7.70. The molecule has 1 heterocycles. The Bertz CT molecular complexity index is 569. The van der Waals surface area contributed by atoms with Crippen LogP contribution < -0.4 is 10.5 Å². The zero-order valence-corrected chi connectivity index (χ0v) is 15.3. The highest BCUT2D eigenvalue weighted by Crippen LogP contribution is 2.21. The molecule has 2 atom stereocenters. The number of piperidine rings is 1. The average Bonchev–Trinajstić information content (AvgIpc) is 2.54. The van der Waals surface area contributed by atoms with Crippen LogP contribution in [0.4, 0.5) is 0 Å². The molecule has 1 fully saturated rings. The van der Waals surface area contributed by atoms with E-state index in [4.69, 9.17) is 10.5 Å². The maximum atomic E-state index is 12.5. The van der Waals surface area contributed by atoms with E-state index in [1.54, 1.807) is 31.2 Å². The first-order valence-electron chi connectivity index (χ1n) is 8.20. The van der Waals surface area contributed by atoms with E-state index in [0.717, 1.165) is 25.9 Å². The van der Waals surface area contributed by atoms with Crippen LogP contribution in [0, 0.1) is 5.92 Å². The van der Waals surface area contributed by atoms with Gasteiger partial charge in [-0.3, -0.25) is 9.59 Å². The fourth-order valence-electron chi connectivity index (χ4n) is 2.95. The summed E-state index contributed by atoms with van der Waals surface area (Å²) < 4.78 is 5.73.